The molecular weight excluding hydrogens is 413 g/mol. The molecule has 3 N–H and O–H groups in total. The Morgan fingerprint density at radius 1 is 1.25 bits per heavy atom. The van der Waals surface area contributed by atoms with Crippen LogP contribution in [0.15, 0.2) is 30.6 Å². The maximum absolute atomic E-state index is 15.0. The number of hydrogen-bond acceptors (Lipinski definition) is 7. The van der Waals surface area contributed by atoms with Crippen LogP contribution in [0.1, 0.15) is 5.56 Å². The molecule has 2 saturated carbocycles. The number of halogens is 1. The lowest BCUT2D eigenvalue weighted by molar-refractivity contribution is 0.118. The third-order valence-electron chi connectivity index (χ3n) is 7.26. The lowest BCUT2D eigenvalue weighted by atomic mass is 9.98. The van der Waals surface area contributed by atoms with Gasteiger partial charge in [-0.25, -0.2) is 19.2 Å². The quantitative estimate of drug-likeness (QED) is 0.584. The van der Waals surface area contributed by atoms with E-state index in [1.807, 2.05) is 6.92 Å². The zero-order chi connectivity index (χ0) is 21.6. The van der Waals surface area contributed by atoms with E-state index in [1.54, 1.807) is 24.5 Å². The first kappa shape index (κ1) is 18.1. The van der Waals surface area contributed by atoms with Gasteiger partial charge in [-0.15, -0.1) is 0 Å². The Bertz CT molecular complexity index is 1310. The van der Waals surface area contributed by atoms with Gasteiger partial charge in [0.25, 0.3) is 0 Å². The first-order valence-corrected chi connectivity index (χ1v) is 10.8. The molecule has 4 atom stereocenters. The number of carbonyl (C=O) groups is 1. The number of pyridine rings is 2. The zero-order valence-electron chi connectivity index (χ0n) is 17.2. The summed E-state index contributed by atoms with van der Waals surface area (Å²) < 4.78 is 26.2. The van der Waals surface area contributed by atoms with Crippen LogP contribution in [0.3, 0.4) is 0 Å². The molecule has 1 unspecified atom stereocenters. The van der Waals surface area contributed by atoms with Crippen LogP contribution in [0.5, 0.6) is 5.88 Å². The van der Waals surface area contributed by atoms with E-state index in [0.717, 1.165) is 23.2 Å². The van der Waals surface area contributed by atoms with Gasteiger partial charge in [0, 0.05) is 53.8 Å². The molecule has 2 aromatic heterocycles. The van der Waals surface area contributed by atoms with Gasteiger partial charge in [-0.05, 0) is 36.1 Å². The standard InChI is InChI=1S/C23H20FN5O3/c1-10-14(8-28-21-19(10)25-2-3-31-21)13-4-11-6-17(26-7-12(11)5-16(13)24)29-22(30)32-23-15-9-27-20(23)18(15)23/h4-8,15,18,20,25,27H,2-3,9H2,1H3,(H,26,29,30)/t15-,18-,20?,23+/m1/s1. The average molecular weight is 433 g/mol. The molecule has 2 saturated heterocycles. The fourth-order valence-electron chi connectivity index (χ4n) is 5.50. The predicted molar refractivity (Wildman–Crippen MR) is 115 cm³/mol. The maximum atomic E-state index is 15.0. The lowest BCUT2D eigenvalue weighted by Gasteiger charge is -2.21. The summed E-state index contributed by atoms with van der Waals surface area (Å²) in [6.45, 7) is 4.06. The van der Waals surface area contributed by atoms with Crippen LogP contribution >= 0.6 is 0 Å². The summed E-state index contributed by atoms with van der Waals surface area (Å²) in [4.78, 5) is 21.0. The van der Waals surface area contributed by atoms with E-state index in [4.69, 9.17) is 9.47 Å². The number of anilines is 2. The monoisotopic (exact) mass is 433 g/mol. The minimum atomic E-state index is -0.501. The number of nitrogens with zero attached hydrogens (tertiary/aromatic N) is 2. The lowest BCUT2D eigenvalue weighted by Crippen LogP contribution is -2.25. The smallest absolute Gasteiger partial charge is 0.413 e. The molecule has 5 heterocycles. The Labute approximate surface area is 182 Å². The van der Waals surface area contributed by atoms with Gasteiger partial charge >= 0.3 is 6.09 Å². The molecule has 1 amide bonds. The van der Waals surface area contributed by atoms with Gasteiger partial charge in [0.2, 0.25) is 5.88 Å². The second kappa shape index (κ2) is 6.07. The number of aromatic nitrogens is 2. The van der Waals surface area contributed by atoms with Crippen molar-refractivity contribution in [3.05, 3.63) is 42.0 Å². The third kappa shape index (κ3) is 2.37. The van der Waals surface area contributed by atoms with Gasteiger partial charge in [0.15, 0.2) is 0 Å². The summed E-state index contributed by atoms with van der Waals surface area (Å²) in [5.41, 5.74) is 2.48. The van der Waals surface area contributed by atoms with Crippen LogP contribution in [-0.4, -0.2) is 47.4 Å². The van der Waals surface area contributed by atoms with Crippen molar-refractivity contribution in [3.63, 3.8) is 0 Å². The molecule has 2 bridgehead atoms. The van der Waals surface area contributed by atoms with Gasteiger partial charge in [-0.2, -0.15) is 0 Å². The van der Waals surface area contributed by atoms with Crippen molar-refractivity contribution in [1.82, 2.24) is 15.3 Å². The molecule has 3 aliphatic heterocycles. The van der Waals surface area contributed by atoms with E-state index < -0.39 is 6.09 Å². The summed E-state index contributed by atoms with van der Waals surface area (Å²) in [6.07, 6.45) is 2.68. The van der Waals surface area contributed by atoms with Gasteiger partial charge < -0.3 is 20.1 Å². The van der Waals surface area contributed by atoms with E-state index in [0.29, 0.717) is 59.2 Å². The van der Waals surface area contributed by atoms with Crippen LogP contribution in [-0.2, 0) is 4.74 Å². The average Bonchev–Trinajstić information content (AvgIpc) is 3.40. The van der Waals surface area contributed by atoms with Crippen molar-refractivity contribution in [2.45, 2.75) is 18.6 Å². The highest BCUT2D eigenvalue weighted by Crippen LogP contribution is 2.77. The van der Waals surface area contributed by atoms with Crippen LogP contribution in [0.25, 0.3) is 21.9 Å². The van der Waals surface area contributed by atoms with Crippen molar-refractivity contribution < 1.29 is 18.7 Å². The van der Waals surface area contributed by atoms with Crippen LogP contribution < -0.4 is 20.7 Å². The fourth-order valence-corrected chi connectivity index (χ4v) is 5.50. The Hall–Kier alpha value is -3.46. The second-order valence-corrected chi connectivity index (χ2v) is 8.89. The van der Waals surface area contributed by atoms with Crippen molar-refractivity contribution in [2.75, 3.05) is 30.3 Å². The van der Waals surface area contributed by atoms with Crippen LogP contribution in [0, 0.1) is 24.6 Å². The second-order valence-electron chi connectivity index (χ2n) is 8.89. The van der Waals surface area contributed by atoms with Crippen LogP contribution in [0.4, 0.5) is 20.7 Å². The number of hydrogen-bond donors (Lipinski definition) is 3. The first-order valence-electron chi connectivity index (χ1n) is 10.8. The summed E-state index contributed by atoms with van der Waals surface area (Å²) in [5.74, 6) is 1.48. The van der Waals surface area contributed by atoms with E-state index in [2.05, 4.69) is 25.9 Å². The molecule has 0 spiro atoms. The van der Waals surface area contributed by atoms with Crippen LogP contribution in [0.2, 0.25) is 0 Å². The number of rotatable bonds is 3. The van der Waals surface area contributed by atoms with E-state index in [-0.39, 0.29) is 11.4 Å². The van der Waals surface area contributed by atoms with Crippen molar-refractivity contribution >= 4 is 28.4 Å². The van der Waals surface area contributed by atoms with Crippen molar-refractivity contribution in [3.8, 4) is 17.0 Å². The Balaban J connectivity index is 1.20. The zero-order valence-corrected chi connectivity index (χ0v) is 17.2. The molecule has 9 heteroatoms. The molecule has 2 aliphatic carbocycles. The largest absolute Gasteiger partial charge is 0.474 e. The summed E-state index contributed by atoms with van der Waals surface area (Å²) >= 11 is 0. The maximum Gasteiger partial charge on any atom is 0.413 e. The summed E-state index contributed by atoms with van der Waals surface area (Å²) in [5, 5.41) is 10.7. The number of amides is 1. The van der Waals surface area contributed by atoms with Crippen molar-refractivity contribution in [2.24, 2.45) is 11.8 Å². The Kier molecular flexibility index (Phi) is 3.44. The van der Waals surface area contributed by atoms with Gasteiger partial charge in [0.1, 0.15) is 29.5 Å². The Morgan fingerprint density at radius 2 is 2.16 bits per heavy atom. The number of piperidine rings is 1. The van der Waals surface area contributed by atoms with Crippen molar-refractivity contribution in [1.29, 1.82) is 0 Å². The van der Waals surface area contributed by atoms with E-state index in [9.17, 15) is 4.79 Å². The SMILES string of the molecule is Cc1c(-c2cc3cc(NC(=O)O[C@@]45C6NC[C@@H]4[C@H]65)ncc3cc2F)cnc2c1NCCO2. The van der Waals surface area contributed by atoms with Gasteiger partial charge in [0.05, 0.1) is 6.04 Å². The molecule has 0 radical (unpaired) electrons. The summed E-state index contributed by atoms with van der Waals surface area (Å²) in [7, 11) is 0. The molecule has 3 aromatic rings. The number of benzene rings is 1. The highest BCUT2D eigenvalue weighted by atomic mass is 19.1. The predicted octanol–water partition coefficient (Wildman–Crippen LogP) is 3.07. The van der Waals surface area contributed by atoms with E-state index >= 15 is 4.39 Å². The molecule has 5 aliphatic rings. The highest BCUT2D eigenvalue weighted by Gasteiger charge is 2.93. The topological polar surface area (TPSA) is 97.4 Å². The highest BCUT2D eigenvalue weighted by molar-refractivity contribution is 5.92. The molecule has 8 nitrogen and oxygen atoms in total. The minimum absolute atomic E-state index is 0.286. The molecule has 1 aromatic carbocycles. The Morgan fingerprint density at radius 3 is 2.97 bits per heavy atom. The molecule has 8 rings (SSSR count). The minimum Gasteiger partial charge on any atom is -0.474 e. The van der Waals surface area contributed by atoms with E-state index in [1.165, 1.54) is 6.07 Å². The fraction of sp³-hybridized carbons (Fsp3) is 0.348. The van der Waals surface area contributed by atoms with Gasteiger partial charge in [-0.1, -0.05) is 0 Å². The molecule has 32 heavy (non-hydrogen) atoms. The molecule has 4 fully saturated rings. The van der Waals surface area contributed by atoms with Gasteiger partial charge in [-0.3, -0.25) is 5.32 Å². The number of fused-ring (bicyclic) bond motifs is 3. The normalized spacial score (nSPS) is 28.2. The third-order valence-corrected chi connectivity index (χ3v) is 7.26. The number of ether oxygens (including phenoxy) is 2. The number of nitrogens with one attached hydrogen (secondary N) is 3. The summed E-state index contributed by atoms with van der Waals surface area (Å²) in [6, 6.07) is 5.25. The molecule has 162 valence electrons. The number of carbonyl (C=O) groups excluding carboxylic acids is 1. The first-order chi connectivity index (χ1) is 15.6. The molecular formula is C23H20FN5O3.